The average molecular weight is 267 g/mol. The Labute approximate surface area is 111 Å². The molecule has 1 rings (SSSR count). The molecule has 0 aliphatic heterocycles. The van der Waals surface area contributed by atoms with Crippen molar-refractivity contribution in [1.82, 2.24) is 0 Å². The van der Waals surface area contributed by atoms with E-state index in [2.05, 4.69) is 0 Å². The Balaban J connectivity index is 2.93. The van der Waals surface area contributed by atoms with Crippen molar-refractivity contribution in [1.29, 1.82) is 5.26 Å². The van der Waals surface area contributed by atoms with Gasteiger partial charge in [0.25, 0.3) is 0 Å². The summed E-state index contributed by atoms with van der Waals surface area (Å²) in [6.45, 7) is 4.70. The van der Waals surface area contributed by atoms with Gasteiger partial charge >= 0.3 is 5.97 Å². The Kier molecular flexibility index (Phi) is 4.99. The van der Waals surface area contributed by atoms with E-state index in [1.807, 2.05) is 17.9 Å². The summed E-state index contributed by atoms with van der Waals surface area (Å²) < 4.78 is 0. The molecule has 0 fully saturated rings. The Bertz CT molecular complexity index is 482. The molecule has 1 N–H and O–H groups in total. The normalized spacial score (nSPS) is 11.7. The molecular weight excluding hydrogens is 252 g/mol. The number of halogens is 1. The molecule has 0 radical (unpaired) electrons. The molecule has 0 aliphatic carbocycles. The third-order valence-electron chi connectivity index (χ3n) is 2.74. The van der Waals surface area contributed by atoms with Gasteiger partial charge < -0.3 is 10.0 Å². The van der Waals surface area contributed by atoms with Crippen LogP contribution in [0.1, 0.15) is 19.4 Å². The van der Waals surface area contributed by atoms with E-state index in [0.717, 1.165) is 5.69 Å². The molecule has 0 bridgehead atoms. The van der Waals surface area contributed by atoms with Crippen LogP contribution in [0.25, 0.3) is 0 Å². The predicted molar refractivity (Wildman–Crippen MR) is 70.9 cm³/mol. The van der Waals surface area contributed by atoms with E-state index < -0.39 is 11.9 Å². The highest BCUT2D eigenvalue weighted by molar-refractivity contribution is 6.32. The number of aliphatic carboxylic acids is 1. The number of hydrogen-bond acceptors (Lipinski definition) is 3. The van der Waals surface area contributed by atoms with E-state index >= 15 is 0 Å². The minimum atomic E-state index is -0.826. The summed E-state index contributed by atoms with van der Waals surface area (Å²) >= 11 is 5.96. The number of carboxylic acid groups (broad SMARTS) is 1. The van der Waals surface area contributed by atoms with Crippen LogP contribution in [-0.4, -0.2) is 24.2 Å². The van der Waals surface area contributed by atoms with Crippen molar-refractivity contribution < 1.29 is 9.90 Å². The lowest BCUT2D eigenvalue weighted by molar-refractivity contribution is -0.140. The molecule has 96 valence electrons. The lowest BCUT2D eigenvalue weighted by Gasteiger charge is -2.25. The molecule has 0 saturated heterocycles. The summed E-state index contributed by atoms with van der Waals surface area (Å²) in [5, 5.41) is 18.1. The number of carbonyl (C=O) groups is 1. The largest absolute Gasteiger partial charge is 0.481 e. The summed E-state index contributed by atoms with van der Waals surface area (Å²) in [6, 6.07) is 7.11. The van der Waals surface area contributed by atoms with Gasteiger partial charge in [-0.15, -0.1) is 0 Å². The molecular formula is C13H15ClN2O2. The second-order valence-electron chi connectivity index (χ2n) is 4.05. The lowest BCUT2D eigenvalue weighted by Crippen LogP contribution is -2.31. The average Bonchev–Trinajstić information content (AvgIpc) is 2.35. The van der Waals surface area contributed by atoms with Crippen LogP contribution >= 0.6 is 11.6 Å². The molecule has 0 amide bonds. The van der Waals surface area contributed by atoms with Gasteiger partial charge in [-0.25, -0.2) is 0 Å². The molecule has 1 aromatic carbocycles. The first-order chi connectivity index (χ1) is 8.49. The number of carboxylic acids is 1. The van der Waals surface area contributed by atoms with Gasteiger partial charge in [0, 0.05) is 18.8 Å². The van der Waals surface area contributed by atoms with Crippen molar-refractivity contribution in [2.24, 2.45) is 5.92 Å². The van der Waals surface area contributed by atoms with Crippen molar-refractivity contribution in [3.8, 4) is 6.07 Å². The number of hydrogen-bond donors (Lipinski definition) is 1. The molecule has 0 aromatic heterocycles. The van der Waals surface area contributed by atoms with Crippen LogP contribution in [0.3, 0.4) is 0 Å². The van der Waals surface area contributed by atoms with Crippen molar-refractivity contribution in [3.05, 3.63) is 28.8 Å². The van der Waals surface area contributed by atoms with Crippen LogP contribution in [0.2, 0.25) is 5.02 Å². The Morgan fingerprint density at radius 3 is 2.72 bits per heavy atom. The van der Waals surface area contributed by atoms with Crippen LogP contribution in [0.5, 0.6) is 0 Å². The van der Waals surface area contributed by atoms with E-state index in [1.54, 1.807) is 25.1 Å². The molecule has 1 atom stereocenters. The van der Waals surface area contributed by atoms with Gasteiger partial charge in [0.1, 0.15) is 6.07 Å². The van der Waals surface area contributed by atoms with E-state index in [1.165, 1.54) is 0 Å². The van der Waals surface area contributed by atoms with E-state index in [-0.39, 0.29) is 0 Å². The summed E-state index contributed by atoms with van der Waals surface area (Å²) in [5.41, 5.74) is 1.25. The highest BCUT2D eigenvalue weighted by Crippen LogP contribution is 2.23. The molecule has 5 heteroatoms. The third-order valence-corrected chi connectivity index (χ3v) is 3.05. The first-order valence-electron chi connectivity index (χ1n) is 5.67. The first-order valence-corrected chi connectivity index (χ1v) is 6.04. The molecule has 0 saturated carbocycles. The molecule has 1 aromatic rings. The predicted octanol–water partition coefficient (Wildman–Crippen LogP) is 2.76. The highest BCUT2D eigenvalue weighted by atomic mass is 35.5. The number of benzene rings is 1. The zero-order valence-electron chi connectivity index (χ0n) is 10.4. The maximum absolute atomic E-state index is 10.9. The Morgan fingerprint density at radius 2 is 2.28 bits per heavy atom. The zero-order valence-corrected chi connectivity index (χ0v) is 11.1. The Morgan fingerprint density at radius 1 is 1.61 bits per heavy atom. The van der Waals surface area contributed by atoms with Crippen molar-refractivity contribution >= 4 is 23.3 Å². The summed E-state index contributed by atoms with van der Waals surface area (Å²) in [6.07, 6.45) is 0. The fraction of sp³-hybridized carbons (Fsp3) is 0.385. The maximum atomic E-state index is 10.9. The van der Waals surface area contributed by atoms with Crippen LogP contribution in [0.15, 0.2) is 18.2 Å². The van der Waals surface area contributed by atoms with Gasteiger partial charge in [0.2, 0.25) is 0 Å². The molecule has 4 nitrogen and oxygen atoms in total. The summed E-state index contributed by atoms with van der Waals surface area (Å²) in [5.74, 6) is -1.28. The lowest BCUT2D eigenvalue weighted by atomic mass is 10.1. The van der Waals surface area contributed by atoms with Crippen LogP contribution in [0, 0.1) is 17.2 Å². The first kappa shape index (κ1) is 14.3. The van der Waals surface area contributed by atoms with E-state index in [0.29, 0.717) is 23.7 Å². The number of rotatable bonds is 5. The molecule has 1 unspecified atom stereocenters. The van der Waals surface area contributed by atoms with Gasteiger partial charge in [-0.05, 0) is 25.1 Å². The van der Waals surface area contributed by atoms with Crippen LogP contribution in [0.4, 0.5) is 5.69 Å². The molecule has 0 heterocycles. The highest BCUT2D eigenvalue weighted by Gasteiger charge is 2.16. The summed E-state index contributed by atoms with van der Waals surface area (Å²) in [4.78, 5) is 12.8. The molecule has 18 heavy (non-hydrogen) atoms. The number of nitrogens with zero attached hydrogens (tertiary/aromatic N) is 2. The quantitative estimate of drug-likeness (QED) is 0.890. The minimum Gasteiger partial charge on any atom is -0.481 e. The van der Waals surface area contributed by atoms with Crippen molar-refractivity contribution in [2.45, 2.75) is 13.8 Å². The fourth-order valence-electron chi connectivity index (χ4n) is 1.62. The topological polar surface area (TPSA) is 64.3 Å². The van der Waals surface area contributed by atoms with Gasteiger partial charge in [-0.2, -0.15) is 5.26 Å². The minimum absolute atomic E-state index is 0.386. The maximum Gasteiger partial charge on any atom is 0.308 e. The standard InChI is InChI=1S/C13H15ClN2O2/c1-3-16(8-9(2)13(17)18)11-5-4-10(7-15)12(14)6-11/h4-6,9H,3,8H2,1-2H3,(H,17,18). The zero-order chi connectivity index (χ0) is 13.7. The Hall–Kier alpha value is -1.73. The SMILES string of the molecule is CCN(CC(C)C(=O)O)c1ccc(C#N)c(Cl)c1. The van der Waals surface area contributed by atoms with Gasteiger partial charge in [-0.3, -0.25) is 4.79 Å². The van der Waals surface area contributed by atoms with E-state index in [9.17, 15) is 4.79 Å². The van der Waals surface area contributed by atoms with Gasteiger partial charge in [0.15, 0.2) is 0 Å². The molecule has 0 spiro atoms. The number of anilines is 1. The van der Waals surface area contributed by atoms with Gasteiger partial charge in [-0.1, -0.05) is 18.5 Å². The molecule has 0 aliphatic rings. The second kappa shape index (κ2) is 6.27. The van der Waals surface area contributed by atoms with Gasteiger partial charge in [0.05, 0.1) is 16.5 Å². The monoisotopic (exact) mass is 266 g/mol. The van der Waals surface area contributed by atoms with Crippen molar-refractivity contribution in [3.63, 3.8) is 0 Å². The second-order valence-corrected chi connectivity index (χ2v) is 4.46. The van der Waals surface area contributed by atoms with Crippen LogP contribution < -0.4 is 4.90 Å². The number of nitriles is 1. The van der Waals surface area contributed by atoms with E-state index in [4.69, 9.17) is 22.0 Å². The fourth-order valence-corrected chi connectivity index (χ4v) is 1.83. The van der Waals surface area contributed by atoms with Crippen LogP contribution in [-0.2, 0) is 4.79 Å². The summed E-state index contributed by atoms with van der Waals surface area (Å²) in [7, 11) is 0. The third kappa shape index (κ3) is 3.38. The smallest absolute Gasteiger partial charge is 0.308 e. The van der Waals surface area contributed by atoms with Crippen molar-refractivity contribution in [2.75, 3.05) is 18.0 Å².